The number of ether oxygens (including phenoxy) is 1. The summed E-state index contributed by atoms with van der Waals surface area (Å²) < 4.78 is 19.1. The van der Waals surface area contributed by atoms with Crippen LogP contribution in [0.5, 0.6) is 5.75 Å². The Labute approximate surface area is 106 Å². The SMILES string of the molecule is Cc1cc(OC(C)c2ccccc2)c(N)cc1F. The molecule has 2 N–H and O–H groups in total. The van der Waals surface area contributed by atoms with E-state index in [0.717, 1.165) is 5.56 Å². The Morgan fingerprint density at radius 3 is 2.50 bits per heavy atom. The van der Waals surface area contributed by atoms with Crippen LogP contribution in [0, 0.1) is 12.7 Å². The zero-order chi connectivity index (χ0) is 13.1. The van der Waals surface area contributed by atoms with Crippen molar-refractivity contribution < 1.29 is 9.13 Å². The fraction of sp³-hybridized carbons (Fsp3) is 0.200. The maximum atomic E-state index is 13.3. The summed E-state index contributed by atoms with van der Waals surface area (Å²) in [6, 6.07) is 12.7. The molecular formula is C15H16FNO. The van der Waals surface area contributed by atoms with E-state index in [0.29, 0.717) is 17.0 Å². The highest BCUT2D eigenvalue weighted by atomic mass is 19.1. The van der Waals surface area contributed by atoms with Gasteiger partial charge >= 0.3 is 0 Å². The summed E-state index contributed by atoms with van der Waals surface area (Å²) in [7, 11) is 0. The van der Waals surface area contributed by atoms with Crippen molar-refractivity contribution in [1.82, 2.24) is 0 Å². The number of nitrogens with two attached hydrogens (primary N) is 1. The predicted octanol–water partition coefficient (Wildman–Crippen LogP) is 3.86. The van der Waals surface area contributed by atoms with E-state index in [1.165, 1.54) is 6.07 Å². The lowest BCUT2D eigenvalue weighted by molar-refractivity contribution is 0.228. The molecule has 0 aromatic heterocycles. The zero-order valence-corrected chi connectivity index (χ0v) is 10.5. The summed E-state index contributed by atoms with van der Waals surface area (Å²) in [5.74, 6) is 0.206. The Morgan fingerprint density at radius 1 is 1.17 bits per heavy atom. The maximum Gasteiger partial charge on any atom is 0.143 e. The number of aryl methyl sites for hydroxylation is 1. The molecule has 18 heavy (non-hydrogen) atoms. The van der Waals surface area contributed by atoms with Crippen LogP contribution in [0.4, 0.5) is 10.1 Å². The summed E-state index contributed by atoms with van der Waals surface area (Å²) >= 11 is 0. The topological polar surface area (TPSA) is 35.2 Å². The van der Waals surface area contributed by atoms with Gasteiger partial charge in [0, 0.05) is 6.07 Å². The molecular weight excluding hydrogens is 229 g/mol. The van der Waals surface area contributed by atoms with Crippen LogP contribution in [-0.4, -0.2) is 0 Å². The molecule has 0 aliphatic carbocycles. The average Bonchev–Trinajstić information content (AvgIpc) is 2.37. The molecule has 2 aromatic carbocycles. The number of nitrogen functional groups attached to an aromatic ring is 1. The summed E-state index contributed by atoms with van der Waals surface area (Å²) in [6.07, 6.45) is -0.127. The van der Waals surface area contributed by atoms with Crippen LogP contribution in [0.3, 0.4) is 0 Å². The van der Waals surface area contributed by atoms with E-state index in [4.69, 9.17) is 10.5 Å². The number of benzene rings is 2. The van der Waals surface area contributed by atoms with Gasteiger partial charge in [0.2, 0.25) is 0 Å². The van der Waals surface area contributed by atoms with Crippen molar-refractivity contribution in [2.45, 2.75) is 20.0 Å². The van der Waals surface area contributed by atoms with Crippen LogP contribution >= 0.6 is 0 Å². The Hall–Kier alpha value is -2.03. The molecule has 1 atom stereocenters. The molecule has 0 saturated heterocycles. The first-order chi connectivity index (χ1) is 8.58. The second-order valence-corrected chi connectivity index (χ2v) is 4.31. The van der Waals surface area contributed by atoms with E-state index in [1.807, 2.05) is 37.3 Å². The molecule has 3 heteroatoms. The van der Waals surface area contributed by atoms with Crippen LogP contribution in [0.15, 0.2) is 42.5 Å². The van der Waals surface area contributed by atoms with Gasteiger partial charge in [0.1, 0.15) is 17.7 Å². The van der Waals surface area contributed by atoms with Gasteiger partial charge in [-0.3, -0.25) is 0 Å². The third-order valence-corrected chi connectivity index (χ3v) is 2.86. The second kappa shape index (κ2) is 5.08. The van der Waals surface area contributed by atoms with Crippen LogP contribution in [-0.2, 0) is 0 Å². The molecule has 0 radical (unpaired) electrons. The Morgan fingerprint density at radius 2 is 1.83 bits per heavy atom. The quantitative estimate of drug-likeness (QED) is 0.833. The molecule has 0 fully saturated rings. The van der Waals surface area contributed by atoms with Crippen LogP contribution in [0.2, 0.25) is 0 Å². The average molecular weight is 245 g/mol. The molecule has 94 valence electrons. The fourth-order valence-corrected chi connectivity index (χ4v) is 1.76. The minimum atomic E-state index is -0.313. The van der Waals surface area contributed by atoms with Crippen LogP contribution in [0.1, 0.15) is 24.2 Å². The standard InChI is InChI=1S/C15H16FNO/c1-10-8-15(14(17)9-13(10)16)18-11(2)12-6-4-3-5-7-12/h3-9,11H,17H2,1-2H3. The number of hydrogen-bond donors (Lipinski definition) is 1. The van der Waals surface area contributed by atoms with Gasteiger partial charge in [-0.1, -0.05) is 30.3 Å². The van der Waals surface area contributed by atoms with Gasteiger partial charge in [0.25, 0.3) is 0 Å². The normalized spacial score (nSPS) is 12.2. The Balaban J connectivity index is 2.22. The lowest BCUT2D eigenvalue weighted by atomic mass is 10.1. The molecule has 1 unspecified atom stereocenters. The number of rotatable bonds is 3. The zero-order valence-electron chi connectivity index (χ0n) is 10.5. The molecule has 0 amide bonds. The van der Waals surface area contributed by atoms with Gasteiger partial charge in [-0.25, -0.2) is 4.39 Å². The number of hydrogen-bond acceptors (Lipinski definition) is 2. The van der Waals surface area contributed by atoms with E-state index in [9.17, 15) is 4.39 Å². The highest BCUT2D eigenvalue weighted by molar-refractivity contribution is 5.54. The molecule has 0 bridgehead atoms. The van der Waals surface area contributed by atoms with Gasteiger partial charge in [-0.05, 0) is 31.0 Å². The largest absolute Gasteiger partial charge is 0.484 e. The van der Waals surface area contributed by atoms with Crippen molar-refractivity contribution in [1.29, 1.82) is 0 Å². The summed E-state index contributed by atoms with van der Waals surface area (Å²) in [5, 5.41) is 0. The number of anilines is 1. The minimum absolute atomic E-state index is 0.127. The van der Waals surface area contributed by atoms with Crippen molar-refractivity contribution in [2.24, 2.45) is 0 Å². The van der Waals surface area contributed by atoms with Gasteiger partial charge in [0.15, 0.2) is 0 Å². The van der Waals surface area contributed by atoms with Crippen molar-refractivity contribution >= 4 is 5.69 Å². The molecule has 0 aliphatic heterocycles. The Kier molecular flexibility index (Phi) is 3.51. The van der Waals surface area contributed by atoms with E-state index < -0.39 is 0 Å². The second-order valence-electron chi connectivity index (χ2n) is 4.31. The monoisotopic (exact) mass is 245 g/mol. The van der Waals surface area contributed by atoms with Crippen molar-refractivity contribution in [3.05, 3.63) is 59.4 Å². The lowest BCUT2D eigenvalue weighted by Gasteiger charge is -2.17. The molecule has 2 nitrogen and oxygen atoms in total. The minimum Gasteiger partial charge on any atom is -0.484 e. The van der Waals surface area contributed by atoms with E-state index in [1.54, 1.807) is 13.0 Å². The third kappa shape index (κ3) is 2.62. The van der Waals surface area contributed by atoms with Gasteiger partial charge in [0.05, 0.1) is 5.69 Å². The third-order valence-electron chi connectivity index (χ3n) is 2.86. The first kappa shape index (κ1) is 12.4. The highest BCUT2D eigenvalue weighted by Gasteiger charge is 2.11. The van der Waals surface area contributed by atoms with E-state index in [-0.39, 0.29) is 11.9 Å². The molecule has 0 spiro atoms. The predicted molar refractivity (Wildman–Crippen MR) is 71.0 cm³/mol. The van der Waals surface area contributed by atoms with Gasteiger partial charge in [-0.15, -0.1) is 0 Å². The van der Waals surface area contributed by atoms with Crippen molar-refractivity contribution in [2.75, 3.05) is 5.73 Å². The first-order valence-electron chi connectivity index (χ1n) is 5.85. The van der Waals surface area contributed by atoms with Crippen LogP contribution in [0.25, 0.3) is 0 Å². The summed E-state index contributed by atoms with van der Waals surface area (Å²) in [5.41, 5.74) is 7.65. The van der Waals surface area contributed by atoms with Crippen LogP contribution < -0.4 is 10.5 Å². The van der Waals surface area contributed by atoms with Crippen molar-refractivity contribution in [3.8, 4) is 5.75 Å². The highest BCUT2D eigenvalue weighted by Crippen LogP contribution is 2.29. The van der Waals surface area contributed by atoms with Gasteiger partial charge < -0.3 is 10.5 Å². The molecule has 0 aliphatic rings. The lowest BCUT2D eigenvalue weighted by Crippen LogP contribution is -2.05. The van der Waals surface area contributed by atoms with E-state index >= 15 is 0 Å². The molecule has 0 saturated carbocycles. The summed E-state index contributed by atoms with van der Waals surface area (Å²) in [4.78, 5) is 0. The fourth-order valence-electron chi connectivity index (χ4n) is 1.76. The first-order valence-corrected chi connectivity index (χ1v) is 5.85. The molecule has 2 aromatic rings. The molecule has 2 rings (SSSR count). The summed E-state index contributed by atoms with van der Waals surface area (Å²) in [6.45, 7) is 3.63. The van der Waals surface area contributed by atoms with Crippen molar-refractivity contribution in [3.63, 3.8) is 0 Å². The number of halogens is 1. The van der Waals surface area contributed by atoms with Gasteiger partial charge in [-0.2, -0.15) is 0 Å². The Bertz CT molecular complexity index is 540. The molecule has 0 heterocycles. The smallest absolute Gasteiger partial charge is 0.143 e. The maximum absolute atomic E-state index is 13.3. The van der Waals surface area contributed by atoms with E-state index in [2.05, 4.69) is 0 Å².